The summed E-state index contributed by atoms with van der Waals surface area (Å²) in [6.07, 6.45) is 1.33. The van der Waals surface area contributed by atoms with Crippen molar-refractivity contribution in [2.24, 2.45) is 0 Å². The molecule has 0 aliphatic heterocycles. The number of esters is 1. The number of hydrogen-bond acceptors (Lipinski definition) is 4. The number of hydrogen-bond donors (Lipinski definition) is 0. The van der Waals surface area contributed by atoms with Crippen LogP contribution in [0.3, 0.4) is 0 Å². The predicted molar refractivity (Wildman–Crippen MR) is 70.8 cm³/mol. The van der Waals surface area contributed by atoms with Gasteiger partial charge < -0.3 is 4.74 Å². The summed E-state index contributed by atoms with van der Waals surface area (Å²) in [5.74, 6) is -1.44. The van der Waals surface area contributed by atoms with Crippen LogP contribution in [-0.4, -0.2) is 22.4 Å². The van der Waals surface area contributed by atoms with Gasteiger partial charge in [0.1, 0.15) is 5.82 Å². The van der Waals surface area contributed by atoms with E-state index in [1.54, 1.807) is 6.92 Å². The number of carbonyl (C=O) groups is 1. The van der Waals surface area contributed by atoms with Crippen molar-refractivity contribution < 1.29 is 13.9 Å². The van der Waals surface area contributed by atoms with E-state index < -0.39 is 17.2 Å². The third-order valence-electron chi connectivity index (χ3n) is 2.44. The zero-order valence-corrected chi connectivity index (χ0v) is 11.2. The minimum atomic E-state index is -0.818. The molecule has 7 heteroatoms. The fourth-order valence-corrected chi connectivity index (χ4v) is 1.64. The maximum absolute atomic E-state index is 13.4. The van der Waals surface area contributed by atoms with E-state index in [1.165, 1.54) is 23.0 Å². The lowest BCUT2D eigenvalue weighted by Crippen LogP contribution is -2.22. The third kappa shape index (κ3) is 2.85. The molecular formula is C13H10ClFN2O3. The Labute approximate surface area is 118 Å². The summed E-state index contributed by atoms with van der Waals surface area (Å²) in [5, 5.41) is 3.82. The smallest absolute Gasteiger partial charge is 0.362 e. The monoisotopic (exact) mass is 296 g/mol. The number of aromatic nitrogens is 2. The zero-order chi connectivity index (χ0) is 14.7. The number of nitrogens with zero attached hydrogens (tertiary/aromatic N) is 2. The quantitative estimate of drug-likeness (QED) is 0.815. The molecule has 0 fully saturated rings. The Bertz CT molecular complexity index is 715. The van der Waals surface area contributed by atoms with Crippen LogP contribution >= 0.6 is 11.6 Å². The predicted octanol–water partition coefficient (Wildman–Crippen LogP) is 2.20. The van der Waals surface area contributed by atoms with Gasteiger partial charge in [-0.25, -0.2) is 13.9 Å². The van der Waals surface area contributed by atoms with Gasteiger partial charge in [0.2, 0.25) is 11.1 Å². The van der Waals surface area contributed by atoms with Crippen LogP contribution in [0.5, 0.6) is 0 Å². The molecule has 20 heavy (non-hydrogen) atoms. The first-order chi connectivity index (χ1) is 9.52. The zero-order valence-electron chi connectivity index (χ0n) is 10.5. The van der Waals surface area contributed by atoms with Crippen molar-refractivity contribution >= 4 is 17.6 Å². The highest BCUT2D eigenvalue weighted by Gasteiger charge is 2.14. The largest absolute Gasteiger partial charge is 0.461 e. The number of benzene rings is 1. The minimum absolute atomic E-state index is 0.0274. The number of rotatable bonds is 3. The summed E-state index contributed by atoms with van der Waals surface area (Å²) in [6, 6.07) is 5.17. The lowest BCUT2D eigenvalue weighted by molar-refractivity contribution is 0.0515. The van der Waals surface area contributed by atoms with E-state index in [0.717, 1.165) is 12.1 Å². The summed E-state index contributed by atoms with van der Waals surface area (Å²) in [7, 11) is 0. The van der Waals surface area contributed by atoms with Gasteiger partial charge in [0, 0.05) is 18.3 Å². The average molecular weight is 297 g/mol. The first kappa shape index (κ1) is 14.2. The maximum Gasteiger partial charge on any atom is 0.362 e. The highest BCUT2D eigenvalue weighted by Crippen LogP contribution is 2.17. The Morgan fingerprint density at radius 3 is 2.85 bits per heavy atom. The topological polar surface area (TPSA) is 61.2 Å². The Balaban J connectivity index is 2.48. The summed E-state index contributed by atoms with van der Waals surface area (Å²) in [4.78, 5) is 23.1. The van der Waals surface area contributed by atoms with Crippen molar-refractivity contribution in [3.63, 3.8) is 0 Å². The molecule has 0 aliphatic carbocycles. The van der Waals surface area contributed by atoms with Gasteiger partial charge in [-0.05, 0) is 19.1 Å². The first-order valence-electron chi connectivity index (χ1n) is 5.75. The van der Waals surface area contributed by atoms with E-state index in [0.29, 0.717) is 5.69 Å². The molecule has 0 unspecified atom stereocenters. The van der Waals surface area contributed by atoms with Crippen molar-refractivity contribution in [2.45, 2.75) is 6.92 Å². The number of ether oxygens (including phenoxy) is 1. The van der Waals surface area contributed by atoms with E-state index in [-0.39, 0.29) is 17.3 Å². The van der Waals surface area contributed by atoms with Crippen LogP contribution in [-0.2, 0) is 4.74 Å². The molecule has 104 valence electrons. The Hall–Kier alpha value is -2.21. The van der Waals surface area contributed by atoms with Gasteiger partial charge in [-0.3, -0.25) is 4.79 Å². The number of carbonyl (C=O) groups excluding carboxylic acids is 1. The molecule has 1 heterocycles. The third-order valence-corrected chi connectivity index (χ3v) is 2.75. The molecule has 0 amide bonds. The Morgan fingerprint density at radius 2 is 2.20 bits per heavy atom. The molecule has 0 atom stereocenters. The molecule has 1 aromatic heterocycles. The highest BCUT2D eigenvalue weighted by molar-refractivity contribution is 6.30. The van der Waals surface area contributed by atoms with Crippen molar-refractivity contribution in [1.82, 2.24) is 9.78 Å². The molecule has 1 aromatic carbocycles. The molecule has 0 aliphatic rings. The minimum Gasteiger partial charge on any atom is -0.461 e. The molecule has 0 saturated heterocycles. The van der Waals surface area contributed by atoms with Crippen LogP contribution in [0.1, 0.15) is 17.4 Å². The van der Waals surface area contributed by atoms with Gasteiger partial charge >= 0.3 is 5.97 Å². The molecule has 0 saturated carbocycles. The molecule has 0 N–H and O–H groups in total. The van der Waals surface area contributed by atoms with E-state index in [1.807, 2.05) is 0 Å². The fourth-order valence-electron chi connectivity index (χ4n) is 1.52. The van der Waals surface area contributed by atoms with Gasteiger partial charge in [0.15, 0.2) is 0 Å². The molecule has 2 aromatic rings. The van der Waals surface area contributed by atoms with Crippen LogP contribution < -0.4 is 5.43 Å². The second-order valence-corrected chi connectivity index (χ2v) is 4.20. The van der Waals surface area contributed by atoms with E-state index >= 15 is 0 Å². The van der Waals surface area contributed by atoms with Crippen LogP contribution in [0.2, 0.25) is 5.02 Å². The van der Waals surface area contributed by atoms with Gasteiger partial charge in [-0.2, -0.15) is 5.10 Å². The second-order valence-electron chi connectivity index (χ2n) is 3.79. The van der Waals surface area contributed by atoms with Gasteiger partial charge in [-0.1, -0.05) is 11.6 Å². The summed E-state index contributed by atoms with van der Waals surface area (Å²) in [6.45, 7) is 1.75. The molecule has 0 radical (unpaired) electrons. The first-order valence-corrected chi connectivity index (χ1v) is 6.13. The molecule has 5 nitrogen and oxygen atoms in total. The lowest BCUT2D eigenvalue weighted by atomic mass is 10.3. The standard InChI is InChI=1S/C13H10ClFN2O3/c1-2-20-13(19)12-11(18)5-6-17(16-12)8-3-4-9(14)10(15)7-8/h3-7H,2H2,1H3. The number of halogens is 2. The lowest BCUT2D eigenvalue weighted by Gasteiger charge is -2.07. The Morgan fingerprint density at radius 1 is 1.45 bits per heavy atom. The second kappa shape index (κ2) is 5.83. The summed E-state index contributed by atoms with van der Waals surface area (Å²) < 4.78 is 19.3. The van der Waals surface area contributed by atoms with Gasteiger partial charge in [0.25, 0.3) is 0 Å². The molecular weight excluding hydrogens is 287 g/mol. The summed E-state index contributed by atoms with van der Waals surface area (Å²) >= 11 is 5.59. The molecule has 0 bridgehead atoms. The Kier molecular flexibility index (Phi) is 4.14. The normalized spacial score (nSPS) is 10.3. The van der Waals surface area contributed by atoms with Crippen molar-refractivity contribution in [3.05, 3.63) is 57.2 Å². The van der Waals surface area contributed by atoms with Crippen LogP contribution in [0, 0.1) is 5.82 Å². The van der Waals surface area contributed by atoms with E-state index in [9.17, 15) is 14.0 Å². The SMILES string of the molecule is CCOC(=O)c1nn(-c2ccc(Cl)c(F)c2)ccc1=O. The van der Waals surface area contributed by atoms with Crippen molar-refractivity contribution in [3.8, 4) is 5.69 Å². The van der Waals surface area contributed by atoms with Crippen LogP contribution in [0.15, 0.2) is 35.3 Å². The van der Waals surface area contributed by atoms with Crippen molar-refractivity contribution in [2.75, 3.05) is 6.61 Å². The summed E-state index contributed by atoms with van der Waals surface area (Å²) in [5.41, 5.74) is -0.587. The highest BCUT2D eigenvalue weighted by atomic mass is 35.5. The van der Waals surface area contributed by atoms with Gasteiger partial charge in [0.05, 0.1) is 17.3 Å². The van der Waals surface area contributed by atoms with Crippen molar-refractivity contribution in [1.29, 1.82) is 0 Å². The average Bonchev–Trinajstić information content (AvgIpc) is 2.42. The molecule has 2 rings (SSSR count). The van der Waals surface area contributed by atoms with E-state index in [4.69, 9.17) is 16.3 Å². The van der Waals surface area contributed by atoms with Crippen LogP contribution in [0.25, 0.3) is 5.69 Å². The van der Waals surface area contributed by atoms with Crippen LogP contribution in [0.4, 0.5) is 4.39 Å². The maximum atomic E-state index is 13.4. The van der Waals surface area contributed by atoms with E-state index in [2.05, 4.69) is 5.10 Å². The van der Waals surface area contributed by atoms with Gasteiger partial charge in [-0.15, -0.1) is 0 Å². The molecule has 0 spiro atoms. The fraction of sp³-hybridized carbons (Fsp3) is 0.154.